The van der Waals surface area contributed by atoms with Crippen LogP contribution in [0.2, 0.25) is 0 Å². The molecule has 1 aliphatic heterocycles. The lowest BCUT2D eigenvalue weighted by atomic mass is 9.93. The number of carbonyl (C=O) groups is 1. The number of rotatable bonds is 5. The number of aromatic nitrogens is 1. The minimum Gasteiger partial charge on any atom is -0.508 e. The second-order valence-corrected chi connectivity index (χ2v) is 9.35. The van der Waals surface area contributed by atoms with E-state index in [1.54, 1.807) is 26.0 Å². The van der Waals surface area contributed by atoms with Crippen molar-refractivity contribution in [1.29, 1.82) is 0 Å². The summed E-state index contributed by atoms with van der Waals surface area (Å²) in [6, 6.07) is 11.1. The molecule has 37 heavy (non-hydrogen) atoms. The van der Waals surface area contributed by atoms with Crippen molar-refractivity contribution in [2.75, 3.05) is 4.90 Å². The highest BCUT2D eigenvalue weighted by Gasteiger charge is 2.44. The summed E-state index contributed by atoms with van der Waals surface area (Å²) in [4.78, 5) is 18.4. The fraction of sp³-hybridized carbons (Fsp3) is 0.308. The molecule has 2 aromatic carbocycles. The number of phenols is 1. The SMILES string of the molecule is CC(C)(N[C@@H]1C[C@H](c2cccc(O)c2)N(c2ccc(C(F)(F)F)cc2)C1=O)c1ccc(C(F)(F)F)nc1. The highest BCUT2D eigenvalue weighted by Crippen LogP contribution is 2.40. The van der Waals surface area contributed by atoms with Crippen LogP contribution in [-0.4, -0.2) is 22.0 Å². The lowest BCUT2D eigenvalue weighted by Gasteiger charge is -2.30. The number of pyridine rings is 1. The molecule has 11 heteroatoms. The molecule has 3 aromatic rings. The molecule has 2 atom stereocenters. The molecule has 0 aliphatic carbocycles. The molecule has 5 nitrogen and oxygen atoms in total. The third-order valence-corrected chi connectivity index (χ3v) is 6.34. The lowest BCUT2D eigenvalue weighted by molar-refractivity contribution is -0.141. The quantitative estimate of drug-likeness (QED) is 0.391. The number of alkyl halides is 6. The van der Waals surface area contributed by atoms with Crippen molar-refractivity contribution in [2.24, 2.45) is 0 Å². The van der Waals surface area contributed by atoms with E-state index in [0.29, 0.717) is 11.1 Å². The molecule has 196 valence electrons. The van der Waals surface area contributed by atoms with Gasteiger partial charge in [0.2, 0.25) is 5.91 Å². The summed E-state index contributed by atoms with van der Waals surface area (Å²) in [5.74, 6) is -0.467. The molecule has 0 unspecified atom stereocenters. The Balaban J connectivity index is 1.65. The number of nitrogens with zero attached hydrogens (tertiary/aromatic N) is 2. The fourth-order valence-electron chi connectivity index (χ4n) is 4.46. The highest BCUT2D eigenvalue weighted by molar-refractivity contribution is 6.00. The second-order valence-electron chi connectivity index (χ2n) is 9.35. The van der Waals surface area contributed by atoms with Crippen LogP contribution >= 0.6 is 0 Å². The van der Waals surface area contributed by atoms with Gasteiger partial charge < -0.3 is 10.0 Å². The molecule has 0 radical (unpaired) electrons. The third-order valence-electron chi connectivity index (χ3n) is 6.34. The van der Waals surface area contributed by atoms with E-state index in [4.69, 9.17) is 0 Å². The number of anilines is 1. The van der Waals surface area contributed by atoms with E-state index in [2.05, 4.69) is 10.3 Å². The average Bonchev–Trinajstić information content (AvgIpc) is 3.13. The lowest BCUT2D eigenvalue weighted by Crippen LogP contribution is -2.47. The molecule has 0 spiro atoms. The Bertz CT molecular complexity index is 1270. The van der Waals surface area contributed by atoms with Crippen molar-refractivity contribution in [3.05, 3.63) is 89.2 Å². The molecule has 1 amide bonds. The number of nitrogens with one attached hydrogen (secondary N) is 1. The maximum atomic E-state index is 13.6. The van der Waals surface area contributed by atoms with E-state index in [1.807, 2.05) is 0 Å². The summed E-state index contributed by atoms with van der Waals surface area (Å²) in [5.41, 5.74) is -1.65. The minimum absolute atomic E-state index is 0.0371. The molecule has 1 saturated heterocycles. The van der Waals surface area contributed by atoms with Crippen LogP contribution in [0.1, 0.15) is 48.7 Å². The zero-order valence-electron chi connectivity index (χ0n) is 19.7. The number of amides is 1. The normalized spacial score (nSPS) is 18.9. The van der Waals surface area contributed by atoms with Crippen molar-refractivity contribution in [1.82, 2.24) is 10.3 Å². The van der Waals surface area contributed by atoms with Gasteiger partial charge in [0.05, 0.1) is 17.6 Å². The first-order valence-electron chi connectivity index (χ1n) is 11.3. The van der Waals surface area contributed by atoms with Gasteiger partial charge in [0.15, 0.2) is 0 Å². The molecular weight excluding hydrogens is 500 g/mol. The molecule has 2 N–H and O–H groups in total. The predicted octanol–water partition coefficient (Wildman–Crippen LogP) is 6.20. The summed E-state index contributed by atoms with van der Waals surface area (Å²) < 4.78 is 78.0. The van der Waals surface area contributed by atoms with Gasteiger partial charge in [-0.2, -0.15) is 26.3 Å². The van der Waals surface area contributed by atoms with Crippen LogP contribution < -0.4 is 10.2 Å². The van der Waals surface area contributed by atoms with Crippen LogP contribution in [0.4, 0.5) is 32.0 Å². The van der Waals surface area contributed by atoms with E-state index in [1.165, 1.54) is 35.2 Å². The number of carbonyl (C=O) groups excluding carboxylic acids is 1. The van der Waals surface area contributed by atoms with Gasteiger partial charge in [-0.25, -0.2) is 0 Å². The maximum Gasteiger partial charge on any atom is 0.433 e. The fourth-order valence-corrected chi connectivity index (χ4v) is 4.46. The Labute approximate surface area is 208 Å². The first-order chi connectivity index (χ1) is 17.2. The molecule has 4 rings (SSSR count). The van der Waals surface area contributed by atoms with E-state index >= 15 is 0 Å². The maximum absolute atomic E-state index is 13.6. The van der Waals surface area contributed by atoms with Crippen molar-refractivity contribution in [3.8, 4) is 5.75 Å². The van der Waals surface area contributed by atoms with E-state index in [9.17, 15) is 36.2 Å². The summed E-state index contributed by atoms with van der Waals surface area (Å²) in [7, 11) is 0. The van der Waals surface area contributed by atoms with E-state index in [-0.39, 0.29) is 17.9 Å². The molecule has 0 saturated carbocycles. The van der Waals surface area contributed by atoms with Gasteiger partial charge in [0.1, 0.15) is 11.4 Å². The Morgan fingerprint density at radius 3 is 2.11 bits per heavy atom. The number of benzene rings is 2. The Kier molecular flexibility index (Phi) is 6.70. The van der Waals surface area contributed by atoms with Crippen molar-refractivity contribution in [2.45, 2.75) is 50.2 Å². The van der Waals surface area contributed by atoms with Gasteiger partial charge >= 0.3 is 12.4 Å². The summed E-state index contributed by atoms with van der Waals surface area (Å²) in [6.07, 6.45) is -7.84. The van der Waals surface area contributed by atoms with Crippen LogP contribution in [-0.2, 0) is 22.7 Å². The monoisotopic (exact) mass is 523 g/mol. The van der Waals surface area contributed by atoms with Gasteiger partial charge in [-0.15, -0.1) is 0 Å². The zero-order valence-corrected chi connectivity index (χ0v) is 19.7. The van der Waals surface area contributed by atoms with Crippen LogP contribution in [0.15, 0.2) is 66.9 Å². The van der Waals surface area contributed by atoms with Crippen LogP contribution in [0, 0.1) is 0 Å². The van der Waals surface area contributed by atoms with Crippen LogP contribution in [0.3, 0.4) is 0 Å². The van der Waals surface area contributed by atoms with Gasteiger partial charge in [-0.3, -0.25) is 15.1 Å². The van der Waals surface area contributed by atoms with E-state index < -0.39 is 47.1 Å². The van der Waals surface area contributed by atoms with Gasteiger partial charge in [0, 0.05) is 17.4 Å². The number of aromatic hydroxyl groups is 1. The number of hydrogen-bond donors (Lipinski definition) is 2. The van der Waals surface area contributed by atoms with Gasteiger partial charge in [-0.1, -0.05) is 18.2 Å². The summed E-state index contributed by atoms with van der Waals surface area (Å²) >= 11 is 0. The second kappa shape index (κ2) is 9.37. The predicted molar refractivity (Wildman–Crippen MR) is 124 cm³/mol. The average molecular weight is 523 g/mol. The van der Waals surface area contributed by atoms with Crippen molar-refractivity contribution >= 4 is 11.6 Å². The van der Waals surface area contributed by atoms with E-state index in [0.717, 1.165) is 24.4 Å². The standard InChI is InChI=1S/C26H23F6N3O2/c1-24(2,17-8-11-22(33-14-17)26(30,31)32)34-20-13-21(15-4-3-5-19(36)12-15)35(23(20)37)18-9-6-16(7-10-18)25(27,28)29/h3-12,14,20-21,34,36H,13H2,1-2H3/t20-,21-/m1/s1. The first-order valence-corrected chi connectivity index (χ1v) is 11.3. The molecule has 2 heterocycles. The number of hydrogen-bond acceptors (Lipinski definition) is 4. The third kappa shape index (κ3) is 5.56. The summed E-state index contributed by atoms with van der Waals surface area (Å²) in [6.45, 7) is 3.38. The van der Waals surface area contributed by atoms with Crippen LogP contribution in [0.25, 0.3) is 0 Å². The Morgan fingerprint density at radius 1 is 0.919 bits per heavy atom. The minimum atomic E-state index is -4.59. The van der Waals surface area contributed by atoms with Gasteiger partial charge in [-0.05, 0) is 73.9 Å². The number of halogens is 6. The van der Waals surface area contributed by atoms with Crippen LogP contribution in [0.5, 0.6) is 5.75 Å². The highest BCUT2D eigenvalue weighted by atomic mass is 19.4. The first kappa shape index (κ1) is 26.5. The largest absolute Gasteiger partial charge is 0.508 e. The number of phenolic OH excluding ortho intramolecular Hbond substituents is 1. The molecular formula is C26H23F6N3O2. The molecule has 1 aliphatic rings. The Hall–Kier alpha value is -3.60. The topological polar surface area (TPSA) is 65.5 Å². The van der Waals surface area contributed by atoms with Crippen molar-refractivity contribution in [3.63, 3.8) is 0 Å². The Morgan fingerprint density at radius 2 is 1.57 bits per heavy atom. The van der Waals surface area contributed by atoms with Crippen molar-refractivity contribution < 1.29 is 36.2 Å². The smallest absolute Gasteiger partial charge is 0.433 e. The summed E-state index contributed by atoms with van der Waals surface area (Å²) in [5, 5.41) is 13.1. The van der Waals surface area contributed by atoms with Gasteiger partial charge in [0.25, 0.3) is 0 Å². The molecule has 0 bridgehead atoms. The molecule has 1 aromatic heterocycles. The molecule has 1 fully saturated rings. The zero-order chi connectivity index (χ0) is 27.2.